The summed E-state index contributed by atoms with van der Waals surface area (Å²) >= 11 is 0. The number of rotatable bonds is 3. The first kappa shape index (κ1) is 17.4. The Morgan fingerprint density at radius 1 is 1.00 bits per heavy atom. The number of hydrogen-bond donors (Lipinski definition) is 0. The summed E-state index contributed by atoms with van der Waals surface area (Å²) in [5.41, 5.74) is 0.905. The molecule has 0 spiro atoms. The van der Waals surface area contributed by atoms with E-state index >= 15 is 0 Å². The van der Waals surface area contributed by atoms with Crippen molar-refractivity contribution in [3.63, 3.8) is 0 Å². The predicted octanol–water partition coefficient (Wildman–Crippen LogP) is 2.95. The summed E-state index contributed by atoms with van der Waals surface area (Å²) in [7, 11) is 1.56. The van der Waals surface area contributed by atoms with Crippen LogP contribution in [-0.4, -0.2) is 43.8 Å². The maximum atomic E-state index is 11.5. The highest BCUT2D eigenvalue weighted by molar-refractivity contribution is 5.83. The first-order valence-corrected chi connectivity index (χ1v) is 8.72. The minimum atomic E-state index is -0.577. The van der Waals surface area contributed by atoms with E-state index in [2.05, 4.69) is 6.07 Å². The molecule has 2 aromatic carbocycles. The molecule has 0 N–H and O–H groups in total. The molecule has 2 heterocycles. The van der Waals surface area contributed by atoms with E-state index in [9.17, 15) is 4.79 Å². The van der Waals surface area contributed by atoms with Crippen LogP contribution in [0.2, 0.25) is 0 Å². The average Bonchev–Trinajstić information content (AvgIpc) is 3.08. The van der Waals surface area contributed by atoms with Gasteiger partial charge >= 0.3 is 5.97 Å². The number of hydrogen-bond acceptors (Lipinski definition) is 6. The van der Waals surface area contributed by atoms with E-state index in [1.54, 1.807) is 7.11 Å². The van der Waals surface area contributed by atoms with Crippen LogP contribution in [0.1, 0.15) is 25.7 Å². The van der Waals surface area contributed by atoms with Crippen molar-refractivity contribution in [3.8, 4) is 0 Å². The zero-order chi connectivity index (χ0) is 18.3. The van der Waals surface area contributed by atoms with Crippen LogP contribution in [0.5, 0.6) is 0 Å². The molecular weight excluding hydrogens is 336 g/mol. The second kappa shape index (κ2) is 6.96. The van der Waals surface area contributed by atoms with Crippen LogP contribution in [0.4, 0.5) is 0 Å². The summed E-state index contributed by atoms with van der Waals surface area (Å²) in [5, 5.41) is 2.26. The van der Waals surface area contributed by atoms with Crippen molar-refractivity contribution in [2.45, 2.75) is 50.8 Å². The number of methoxy groups -OCH3 is 1. The van der Waals surface area contributed by atoms with E-state index < -0.39 is 30.9 Å². The maximum Gasteiger partial charge on any atom is 0.303 e. The van der Waals surface area contributed by atoms with Crippen molar-refractivity contribution in [1.29, 1.82) is 0 Å². The van der Waals surface area contributed by atoms with Gasteiger partial charge in [-0.1, -0.05) is 36.4 Å². The highest BCUT2D eigenvalue weighted by Gasteiger charge is 2.53. The second-order valence-corrected chi connectivity index (χ2v) is 6.66. The van der Waals surface area contributed by atoms with Gasteiger partial charge in [0.05, 0.1) is 6.10 Å². The topological polar surface area (TPSA) is 63.2 Å². The lowest BCUT2D eigenvalue weighted by molar-refractivity contribution is -0.265. The Morgan fingerprint density at radius 2 is 1.73 bits per heavy atom. The molecule has 2 aliphatic heterocycles. The van der Waals surface area contributed by atoms with Gasteiger partial charge in [0.25, 0.3) is 0 Å². The van der Waals surface area contributed by atoms with Gasteiger partial charge in [-0.25, -0.2) is 0 Å². The molecule has 6 atom stereocenters. The average molecular weight is 358 g/mol. The second-order valence-electron chi connectivity index (χ2n) is 6.66. The molecule has 0 aromatic heterocycles. The third-order valence-electron chi connectivity index (χ3n) is 4.87. The van der Waals surface area contributed by atoms with E-state index in [0.29, 0.717) is 0 Å². The molecule has 2 saturated heterocycles. The van der Waals surface area contributed by atoms with Crippen molar-refractivity contribution in [2.75, 3.05) is 7.11 Å². The quantitative estimate of drug-likeness (QED) is 0.786. The summed E-state index contributed by atoms with van der Waals surface area (Å²) < 4.78 is 28.9. The molecule has 0 unspecified atom stereocenters. The Balaban J connectivity index is 1.62. The summed E-state index contributed by atoms with van der Waals surface area (Å²) in [4.78, 5) is 11.5. The normalized spacial score (nSPS) is 33.8. The number of ether oxygens (including phenoxy) is 5. The molecule has 0 saturated carbocycles. The van der Waals surface area contributed by atoms with Crippen LogP contribution < -0.4 is 0 Å². The van der Waals surface area contributed by atoms with Crippen LogP contribution >= 0.6 is 0 Å². The molecule has 4 rings (SSSR count). The maximum absolute atomic E-state index is 11.5. The van der Waals surface area contributed by atoms with Crippen molar-refractivity contribution >= 4 is 16.7 Å². The first-order valence-electron chi connectivity index (χ1n) is 8.72. The third kappa shape index (κ3) is 3.10. The van der Waals surface area contributed by atoms with Crippen LogP contribution in [0.15, 0.2) is 42.5 Å². The monoisotopic (exact) mass is 358 g/mol. The van der Waals surface area contributed by atoms with Gasteiger partial charge in [-0.15, -0.1) is 0 Å². The molecule has 26 heavy (non-hydrogen) atoms. The Bertz CT molecular complexity index is 806. The predicted molar refractivity (Wildman–Crippen MR) is 93.3 cm³/mol. The number of carbonyl (C=O) groups is 1. The summed E-state index contributed by atoms with van der Waals surface area (Å²) in [6.07, 6.45) is -2.98. The van der Waals surface area contributed by atoms with Gasteiger partial charge in [-0.2, -0.15) is 0 Å². The Morgan fingerprint density at radius 3 is 2.46 bits per heavy atom. The fourth-order valence-electron chi connectivity index (χ4n) is 3.65. The Kier molecular flexibility index (Phi) is 4.67. The molecule has 2 fully saturated rings. The van der Waals surface area contributed by atoms with Gasteiger partial charge < -0.3 is 23.7 Å². The first-order chi connectivity index (χ1) is 12.6. The molecular formula is C20H22O6. The van der Waals surface area contributed by atoms with Gasteiger partial charge in [0, 0.05) is 19.6 Å². The van der Waals surface area contributed by atoms with E-state index in [-0.39, 0.29) is 12.1 Å². The highest BCUT2D eigenvalue weighted by Crippen LogP contribution is 2.40. The number of carbonyl (C=O) groups excluding carboxylic acids is 1. The summed E-state index contributed by atoms with van der Waals surface area (Å²) in [5.74, 6) is -0.377. The van der Waals surface area contributed by atoms with Crippen LogP contribution in [0.25, 0.3) is 10.8 Å². The smallest absolute Gasteiger partial charge is 0.303 e. The fourth-order valence-corrected chi connectivity index (χ4v) is 3.65. The largest absolute Gasteiger partial charge is 0.457 e. The van der Waals surface area contributed by atoms with E-state index in [1.165, 1.54) is 6.92 Å². The standard InChI is InChI=1S/C20H22O6/c1-11-16(24-12(2)21)17-18(20(22-3)23-11)26-19(25-17)15-9-8-13-6-4-5-7-14(13)10-15/h4-11,16-20H,1-3H3/t11-,16-,17+,18+,19-,20+/m0/s1. The lowest BCUT2D eigenvalue weighted by atomic mass is 10.00. The Labute approximate surface area is 151 Å². The molecule has 2 aromatic rings. The van der Waals surface area contributed by atoms with Gasteiger partial charge in [0.15, 0.2) is 18.7 Å². The van der Waals surface area contributed by atoms with Crippen LogP contribution in [0, 0.1) is 0 Å². The van der Waals surface area contributed by atoms with E-state index in [1.807, 2.05) is 43.3 Å². The van der Waals surface area contributed by atoms with Crippen molar-refractivity contribution in [2.24, 2.45) is 0 Å². The zero-order valence-electron chi connectivity index (χ0n) is 15.0. The molecule has 138 valence electrons. The summed E-state index contributed by atoms with van der Waals surface area (Å²) in [6, 6.07) is 14.2. The molecule has 6 nitrogen and oxygen atoms in total. The molecule has 0 radical (unpaired) electrons. The number of benzene rings is 2. The SMILES string of the molecule is CO[C@@H]1O[C@@H](C)[C@H](OC(C)=O)[C@H]2O[C@H](c3ccc4ccccc4c3)O[C@@H]12. The van der Waals surface area contributed by atoms with Crippen molar-refractivity contribution in [3.05, 3.63) is 48.0 Å². The minimum Gasteiger partial charge on any atom is -0.457 e. The van der Waals surface area contributed by atoms with Crippen molar-refractivity contribution < 1.29 is 28.5 Å². The van der Waals surface area contributed by atoms with E-state index in [4.69, 9.17) is 23.7 Å². The van der Waals surface area contributed by atoms with Gasteiger partial charge in [-0.3, -0.25) is 4.79 Å². The molecule has 2 aliphatic rings. The molecule has 0 bridgehead atoms. The van der Waals surface area contributed by atoms with Gasteiger partial charge in [0.1, 0.15) is 12.2 Å². The zero-order valence-corrected chi connectivity index (χ0v) is 15.0. The van der Waals surface area contributed by atoms with Gasteiger partial charge in [0.2, 0.25) is 0 Å². The van der Waals surface area contributed by atoms with Crippen LogP contribution in [0.3, 0.4) is 0 Å². The third-order valence-corrected chi connectivity index (χ3v) is 4.87. The highest BCUT2D eigenvalue weighted by atomic mass is 16.8. The summed E-state index contributed by atoms with van der Waals surface area (Å²) in [6.45, 7) is 3.21. The number of fused-ring (bicyclic) bond motifs is 2. The van der Waals surface area contributed by atoms with Gasteiger partial charge in [-0.05, 0) is 23.8 Å². The molecule has 0 amide bonds. The van der Waals surface area contributed by atoms with E-state index in [0.717, 1.165) is 16.3 Å². The van der Waals surface area contributed by atoms with Crippen LogP contribution in [-0.2, 0) is 28.5 Å². The van der Waals surface area contributed by atoms with Crippen molar-refractivity contribution in [1.82, 2.24) is 0 Å². The molecule has 0 aliphatic carbocycles. The molecule has 6 heteroatoms. The fraction of sp³-hybridized carbons (Fsp3) is 0.450. The lowest BCUT2D eigenvalue weighted by Gasteiger charge is -2.39. The lowest BCUT2D eigenvalue weighted by Crippen LogP contribution is -2.57. The Hall–Kier alpha value is -1.99. The minimum absolute atomic E-state index is 0.357. The number of esters is 1.